The van der Waals surface area contributed by atoms with E-state index in [4.69, 9.17) is 4.42 Å². The van der Waals surface area contributed by atoms with Crippen LogP contribution >= 0.6 is 0 Å². The molecule has 1 aliphatic carbocycles. The number of halogens is 1. The van der Waals surface area contributed by atoms with Crippen molar-refractivity contribution >= 4 is 5.91 Å². The summed E-state index contributed by atoms with van der Waals surface area (Å²) in [5.74, 6) is 1.59. The average molecular weight is 426 g/mol. The lowest BCUT2D eigenvalue weighted by Crippen LogP contribution is -2.51. The van der Waals surface area contributed by atoms with Crippen LogP contribution in [0.1, 0.15) is 58.7 Å². The van der Waals surface area contributed by atoms with Crippen LogP contribution in [0.3, 0.4) is 0 Å². The molecule has 2 aliphatic heterocycles. The van der Waals surface area contributed by atoms with Crippen molar-refractivity contribution < 1.29 is 13.6 Å². The van der Waals surface area contributed by atoms with Gasteiger partial charge in [-0.2, -0.15) is 0 Å². The van der Waals surface area contributed by atoms with Crippen molar-refractivity contribution in [3.05, 3.63) is 58.3 Å². The Labute approximate surface area is 183 Å². The van der Waals surface area contributed by atoms with Crippen molar-refractivity contribution in [2.45, 2.75) is 58.2 Å². The highest BCUT2D eigenvalue weighted by atomic mass is 19.1. The van der Waals surface area contributed by atoms with Gasteiger partial charge in [-0.25, -0.2) is 4.39 Å². The highest BCUT2D eigenvalue weighted by Crippen LogP contribution is 2.31. The molecule has 1 saturated heterocycles. The number of aryl methyl sites for hydroxylation is 1. The number of nitrogens with zero attached hydrogens (tertiary/aromatic N) is 3. The molecule has 1 aromatic heterocycles. The fourth-order valence-electron chi connectivity index (χ4n) is 5.61. The van der Waals surface area contributed by atoms with Gasteiger partial charge in [-0.05, 0) is 37.5 Å². The quantitative estimate of drug-likeness (QED) is 0.743. The number of carbonyl (C=O) groups is 1. The largest absolute Gasteiger partial charge is 0.465 e. The second kappa shape index (κ2) is 8.75. The molecule has 5 rings (SSSR count). The number of piperazine rings is 1. The molecular weight excluding hydrogens is 393 g/mol. The summed E-state index contributed by atoms with van der Waals surface area (Å²) in [6, 6.07) is 7.49. The molecule has 0 radical (unpaired) electrons. The van der Waals surface area contributed by atoms with Gasteiger partial charge in [-0.1, -0.05) is 25.0 Å². The van der Waals surface area contributed by atoms with Crippen LogP contribution in [0.15, 0.2) is 28.7 Å². The summed E-state index contributed by atoms with van der Waals surface area (Å²) < 4.78 is 19.6. The van der Waals surface area contributed by atoms with Crippen LogP contribution in [-0.2, 0) is 19.5 Å². The highest BCUT2D eigenvalue weighted by Gasteiger charge is 2.33. The number of hydrogen-bond donors (Lipinski definition) is 0. The van der Waals surface area contributed by atoms with Gasteiger partial charge in [0.05, 0.1) is 5.56 Å². The predicted octanol–water partition coefficient (Wildman–Crippen LogP) is 3.99. The van der Waals surface area contributed by atoms with Crippen molar-refractivity contribution in [3.8, 4) is 0 Å². The van der Waals surface area contributed by atoms with Crippen LogP contribution in [0.25, 0.3) is 0 Å². The first kappa shape index (κ1) is 20.7. The lowest BCUT2D eigenvalue weighted by Gasteiger charge is -2.38. The maximum absolute atomic E-state index is 13.6. The number of amides is 1. The summed E-state index contributed by atoms with van der Waals surface area (Å²) >= 11 is 0. The smallest absolute Gasteiger partial charge is 0.257 e. The number of rotatable bonds is 4. The molecular formula is C25H32FN3O2. The molecule has 0 atom stereocenters. The molecule has 2 aromatic rings. The molecule has 1 amide bonds. The third-order valence-corrected chi connectivity index (χ3v) is 7.26. The molecule has 3 heterocycles. The van der Waals surface area contributed by atoms with E-state index in [1.807, 2.05) is 17.9 Å². The number of carbonyl (C=O) groups excluding carboxylic acids is 1. The zero-order chi connectivity index (χ0) is 21.4. The van der Waals surface area contributed by atoms with E-state index in [2.05, 4.69) is 9.80 Å². The Morgan fingerprint density at radius 2 is 1.90 bits per heavy atom. The molecule has 0 spiro atoms. The Kier molecular flexibility index (Phi) is 5.85. The van der Waals surface area contributed by atoms with E-state index in [0.717, 1.165) is 73.4 Å². The summed E-state index contributed by atoms with van der Waals surface area (Å²) in [5.41, 5.74) is 2.75. The van der Waals surface area contributed by atoms with Crippen molar-refractivity contribution in [2.75, 3.05) is 32.7 Å². The van der Waals surface area contributed by atoms with E-state index in [1.165, 1.54) is 31.7 Å². The minimum atomic E-state index is -0.207. The van der Waals surface area contributed by atoms with E-state index in [-0.39, 0.29) is 11.7 Å². The average Bonchev–Trinajstić information content (AvgIpc) is 3.41. The van der Waals surface area contributed by atoms with Crippen molar-refractivity contribution in [1.29, 1.82) is 0 Å². The monoisotopic (exact) mass is 425 g/mol. The van der Waals surface area contributed by atoms with Crippen LogP contribution in [0.4, 0.5) is 4.39 Å². The van der Waals surface area contributed by atoms with Crippen molar-refractivity contribution in [3.63, 3.8) is 0 Å². The van der Waals surface area contributed by atoms with Crippen LogP contribution in [0.5, 0.6) is 0 Å². The van der Waals surface area contributed by atoms with Gasteiger partial charge in [0.25, 0.3) is 5.91 Å². The van der Waals surface area contributed by atoms with Gasteiger partial charge in [-0.3, -0.25) is 14.6 Å². The molecule has 0 N–H and O–H groups in total. The molecule has 3 aliphatic rings. The van der Waals surface area contributed by atoms with Crippen LogP contribution in [-0.4, -0.2) is 59.4 Å². The number of hydrogen-bond acceptors (Lipinski definition) is 4. The van der Waals surface area contributed by atoms with Gasteiger partial charge >= 0.3 is 0 Å². The molecule has 5 nitrogen and oxygen atoms in total. The van der Waals surface area contributed by atoms with E-state index < -0.39 is 0 Å². The first-order valence-electron chi connectivity index (χ1n) is 11.7. The predicted molar refractivity (Wildman–Crippen MR) is 117 cm³/mol. The highest BCUT2D eigenvalue weighted by molar-refractivity contribution is 5.97. The van der Waals surface area contributed by atoms with Crippen LogP contribution in [0, 0.1) is 12.7 Å². The zero-order valence-corrected chi connectivity index (χ0v) is 18.4. The van der Waals surface area contributed by atoms with Crippen molar-refractivity contribution in [2.24, 2.45) is 0 Å². The first-order chi connectivity index (χ1) is 15.1. The second-order valence-electron chi connectivity index (χ2n) is 9.29. The van der Waals surface area contributed by atoms with Crippen LogP contribution < -0.4 is 0 Å². The number of furan rings is 1. The molecule has 166 valence electrons. The zero-order valence-electron chi connectivity index (χ0n) is 18.4. The molecule has 0 unspecified atom stereocenters. The summed E-state index contributed by atoms with van der Waals surface area (Å²) in [4.78, 5) is 20.3. The second-order valence-corrected chi connectivity index (χ2v) is 9.29. The SMILES string of the molecule is Cc1oc2c(c1C(=O)N1CCN(C3CCCC3)CC1)CN(Cc1cccc(F)c1)CC2. The van der Waals surface area contributed by atoms with Gasteiger partial charge in [0.15, 0.2) is 0 Å². The Hall–Kier alpha value is -2.18. The molecule has 6 heteroatoms. The van der Waals surface area contributed by atoms with Gasteiger partial charge in [0.1, 0.15) is 17.3 Å². The Morgan fingerprint density at radius 1 is 1.13 bits per heavy atom. The lowest BCUT2D eigenvalue weighted by molar-refractivity contribution is 0.0570. The third-order valence-electron chi connectivity index (χ3n) is 7.26. The Morgan fingerprint density at radius 3 is 2.65 bits per heavy atom. The maximum atomic E-state index is 13.6. The van der Waals surface area contributed by atoms with Gasteiger partial charge in [-0.15, -0.1) is 0 Å². The standard InChI is InChI=1S/C25H32FN3O2/c1-18-24(25(30)29-13-11-28(12-14-29)21-7-2-3-8-21)22-17-27(10-9-23(22)31-18)16-19-5-4-6-20(26)15-19/h4-6,15,21H,2-3,7-14,16-17H2,1H3. The number of benzene rings is 1. The fraction of sp³-hybridized carbons (Fsp3) is 0.560. The summed E-state index contributed by atoms with van der Waals surface area (Å²) in [6.07, 6.45) is 6.09. The molecule has 1 saturated carbocycles. The maximum Gasteiger partial charge on any atom is 0.257 e. The topological polar surface area (TPSA) is 39.9 Å². The Bertz CT molecular complexity index is 942. The first-order valence-corrected chi connectivity index (χ1v) is 11.7. The van der Waals surface area contributed by atoms with Gasteiger partial charge in [0, 0.05) is 63.8 Å². The molecule has 31 heavy (non-hydrogen) atoms. The van der Waals surface area contributed by atoms with Gasteiger partial charge in [0.2, 0.25) is 0 Å². The summed E-state index contributed by atoms with van der Waals surface area (Å²) in [6.45, 7) is 7.65. The molecule has 0 bridgehead atoms. The van der Waals surface area contributed by atoms with Crippen LogP contribution in [0.2, 0.25) is 0 Å². The van der Waals surface area contributed by atoms with Gasteiger partial charge < -0.3 is 9.32 Å². The third kappa shape index (κ3) is 4.28. The molecule has 1 aromatic carbocycles. The van der Waals surface area contributed by atoms with E-state index in [9.17, 15) is 9.18 Å². The minimum absolute atomic E-state index is 0.112. The normalized spacial score (nSPS) is 20.9. The minimum Gasteiger partial charge on any atom is -0.465 e. The van der Waals surface area contributed by atoms with E-state index >= 15 is 0 Å². The van der Waals surface area contributed by atoms with Crippen molar-refractivity contribution in [1.82, 2.24) is 14.7 Å². The fourth-order valence-corrected chi connectivity index (χ4v) is 5.61. The summed E-state index contributed by atoms with van der Waals surface area (Å²) in [7, 11) is 0. The Balaban J connectivity index is 1.27. The van der Waals surface area contributed by atoms with E-state index in [1.54, 1.807) is 12.1 Å². The summed E-state index contributed by atoms with van der Waals surface area (Å²) in [5, 5.41) is 0. The van der Waals surface area contributed by atoms with E-state index in [0.29, 0.717) is 13.1 Å². The lowest BCUT2D eigenvalue weighted by atomic mass is 10.0. The molecule has 2 fully saturated rings. The number of fused-ring (bicyclic) bond motifs is 1.